The summed E-state index contributed by atoms with van der Waals surface area (Å²) in [6, 6.07) is 7.41. The van der Waals surface area contributed by atoms with Crippen LogP contribution in [0.1, 0.15) is 63.5 Å². The zero-order valence-electron chi connectivity index (χ0n) is 24.9. The maximum atomic E-state index is 14.8. The average molecular weight is 671 g/mol. The van der Waals surface area contributed by atoms with Gasteiger partial charge < -0.3 is 29.7 Å². The van der Waals surface area contributed by atoms with Crippen LogP contribution in [0, 0.1) is 11.8 Å². The number of likely N-dealkylation sites (tertiary alicyclic amines) is 1. The number of benzene rings is 1. The molecule has 4 aliphatic heterocycles. The van der Waals surface area contributed by atoms with Gasteiger partial charge in [-0.1, -0.05) is 77.7 Å². The Morgan fingerprint density at radius 3 is 2.55 bits per heavy atom. The number of nitrogens with one attached hydrogen (secondary N) is 1. The smallest absolute Gasteiger partial charge is 0.313 e. The number of carbonyl (C=O) groups excluding carboxylic acids is 4. The highest BCUT2D eigenvalue weighted by atomic mass is 79.9. The van der Waals surface area contributed by atoms with Crippen LogP contribution in [-0.4, -0.2) is 88.1 Å². The highest BCUT2D eigenvalue weighted by Crippen LogP contribution is 2.59. The molecule has 3 amide bonds. The minimum Gasteiger partial charge on any atom is -0.455 e. The lowest BCUT2D eigenvalue weighted by Gasteiger charge is -2.41. The van der Waals surface area contributed by atoms with Crippen molar-refractivity contribution in [3.05, 3.63) is 58.6 Å². The van der Waals surface area contributed by atoms with E-state index in [1.54, 1.807) is 13.0 Å². The van der Waals surface area contributed by atoms with Gasteiger partial charge in [-0.2, -0.15) is 0 Å². The maximum absolute atomic E-state index is 14.8. The summed E-state index contributed by atoms with van der Waals surface area (Å²) in [6.07, 6.45) is 9.60. The number of nitrogens with zero attached hydrogens (tertiary/aromatic N) is 2. The van der Waals surface area contributed by atoms with E-state index in [1.165, 1.54) is 4.90 Å². The van der Waals surface area contributed by atoms with Gasteiger partial charge in [0, 0.05) is 23.5 Å². The molecule has 1 aromatic rings. The number of ether oxygens (including phenoxy) is 2. The van der Waals surface area contributed by atoms with Gasteiger partial charge >= 0.3 is 5.97 Å². The molecule has 0 aromatic heterocycles. The summed E-state index contributed by atoms with van der Waals surface area (Å²) in [5, 5.41) is 13.1. The normalized spacial score (nSPS) is 34.8. The fourth-order valence-corrected chi connectivity index (χ4v) is 8.40. The second-order valence-electron chi connectivity index (χ2n) is 12.5. The van der Waals surface area contributed by atoms with E-state index in [0.717, 1.165) is 32.1 Å². The highest BCUT2D eigenvalue weighted by molar-refractivity contribution is 9.11. The van der Waals surface area contributed by atoms with Crippen LogP contribution >= 0.6 is 15.9 Å². The molecule has 10 nitrogen and oxygen atoms in total. The van der Waals surface area contributed by atoms with Crippen molar-refractivity contribution in [3.8, 4) is 0 Å². The summed E-state index contributed by atoms with van der Waals surface area (Å²) in [7, 11) is 0. The zero-order valence-corrected chi connectivity index (χ0v) is 26.5. The van der Waals surface area contributed by atoms with Crippen LogP contribution < -0.4 is 5.32 Å². The molecule has 2 saturated heterocycles. The van der Waals surface area contributed by atoms with Gasteiger partial charge in [0.1, 0.15) is 29.8 Å². The number of halogens is 1. The Balaban J connectivity index is 1.43. The van der Waals surface area contributed by atoms with Gasteiger partial charge in [-0.25, -0.2) is 0 Å². The molecule has 11 heteroatoms. The van der Waals surface area contributed by atoms with Crippen LogP contribution in [0.15, 0.2) is 53.0 Å². The number of aliphatic hydroxyl groups excluding tert-OH is 1. The number of rotatable bonds is 4. The van der Waals surface area contributed by atoms with E-state index in [-0.39, 0.29) is 37.4 Å². The Morgan fingerprint density at radius 2 is 1.82 bits per heavy atom. The van der Waals surface area contributed by atoms with Gasteiger partial charge in [-0.3, -0.25) is 19.2 Å². The van der Waals surface area contributed by atoms with Gasteiger partial charge in [-0.05, 0) is 37.8 Å². The first-order valence-electron chi connectivity index (χ1n) is 15.7. The second kappa shape index (κ2) is 12.8. The Labute approximate surface area is 265 Å². The van der Waals surface area contributed by atoms with Crippen molar-refractivity contribution >= 4 is 39.6 Å². The average Bonchev–Trinajstić information content (AvgIpc) is 3.63. The monoisotopic (exact) mass is 669 g/mol. The molecule has 0 unspecified atom stereocenters. The van der Waals surface area contributed by atoms with Crippen LogP contribution in [0.2, 0.25) is 0 Å². The van der Waals surface area contributed by atoms with Crippen molar-refractivity contribution in [1.82, 2.24) is 15.1 Å². The van der Waals surface area contributed by atoms with Gasteiger partial charge in [0.15, 0.2) is 0 Å². The maximum Gasteiger partial charge on any atom is 0.313 e. The predicted molar refractivity (Wildman–Crippen MR) is 164 cm³/mol. The third-order valence-corrected chi connectivity index (χ3v) is 10.5. The molecule has 236 valence electrons. The number of aliphatic hydroxyl groups is 1. The minimum absolute atomic E-state index is 0.0125. The summed E-state index contributed by atoms with van der Waals surface area (Å²) in [4.78, 5) is 59.3. The molecule has 0 radical (unpaired) electrons. The summed E-state index contributed by atoms with van der Waals surface area (Å²) in [6.45, 7) is 1.76. The van der Waals surface area contributed by atoms with E-state index in [9.17, 15) is 24.3 Å². The number of carbonyl (C=O) groups is 4. The van der Waals surface area contributed by atoms with Crippen LogP contribution in [-0.2, 0) is 28.7 Å². The quantitative estimate of drug-likeness (QED) is 0.373. The number of amides is 3. The Morgan fingerprint density at radius 1 is 1.07 bits per heavy atom. The second-order valence-corrected chi connectivity index (χ2v) is 13.5. The number of hydrogen-bond donors (Lipinski definition) is 2. The van der Waals surface area contributed by atoms with Gasteiger partial charge in [-0.15, -0.1) is 0 Å². The molecular weight excluding hydrogens is 630 g/mol. The van der Waals surface area contributed by atoms with E-state index in [2.05, 4.69) is 21.2 Å². The SMILES string of the molecule is C[C@H](CO)N1C(=O)[C@@H]2[C@H]3C(=O)O[C@@H](c4ccccc4)CNC(=O)CC/C=C\CN(C4CCCCC4)C(=O)[C@@H]1[C@]21C=C(Br)[C@H]3O1. The topological polar surface area (TPSA) is 125 Å². The van der Waals surface area contributed by atoms with Crippen molar-refractivity contribution in [2.24, 2.45) is 11.8 Å². The van der Waals surface area contributed by atoms with Gasteiger partial charge in [0.05, 0.1) is 25.1 Å². The minimum atomic E-state index is -1.40. The number of allylic oxidation sites excluding steroid dienone is 1. The summed E-state index contributed by atoms with van der Waals surface area (Å²) in [5.41, 5.74) is -0.692. The van der Waals surface area contributed by atoms with Gasteiger partial charge in [0.25, 0.3) is 0 Å². The van der Waals surface area contributed by atoms with Crippen LogP contribution in [0.25, 0.3) is 0 Å². The fourth-order valence-electron chi connectivity index (χ4n) is 7.67. The van der Waals surface area contributed by atoms with E-state index < -0.39 is 53.6 Å². The number of hydrogen-bond acceptors (Lipinski definition) is 7. The lowest BCUT2D eigenvalue weighted by Crippen LogP contribution is -2.59. The van der Waals surface area contributed by atoms with Crippen LogP contribution in [0.3, 0.4) is 0 Å². The van der Waals surface area contributed by atoms with E-state index in [1.807, 2.05) is 47.4 Å². The molecule has 1 aliphatic carbocycles. The third kappa shape index (κ3) is 5.41. The molecular formula is C33H40BrN3O7. The number of esters is 1. The summed E-state index contributed by atoms with van der Waals surface area (Å²) >= 11 is 3.59. The first-order valence-corrected chi connectivity index (χ1v) is 16.5. The molecule has 44 heavy (non-hydrogen) atoms. The summed E-state index contributed by atoms with van der Waals surface area (Å²) in [5.74, 6) is -3.50. The van der Waals surface area contributed by atoms with E-state index in [0.29, 0.717) is 23.0 Å². The first-order chi connectivity index (χ1) is 21.3. The zero-order chi connectivity index (χ0) is 31.0. The molecule has 1 spiro atoms. The van der Waals surface area contributed by atoms with Crippen LogP contribution in [0.4, 0.5) is 0 Å². The fraction of sp³-hybridized carbons (Fsp3) is 0.576. The Hall–Kier alpha value is -3.02. The van der Waals surface area contributed by atoms with Crippen molar-refractivity contribution in [2.45, 2.75) is 87.8 Å². The molecule has 5 aliphatic rings. The lowest BCUT2D eigenvalue weighted by molar-refractivity contribution is -0.160. The first kappa shape index (κ1) is 31.0. The standard InChI is InChI=1S/C33H40BrN3O7/c1-20(19-38)37-29-31(41)36(22-13-7-3-8-14-22)16-10-4-9-15-25(39)35-18-24(21-11-5-2-6-12-21)43-32(42)26-27(30(37)40)33(29)17-23(34)28(26)44-33/h2,4-6,10-12,17,20,22,24,26-29,38H,3,7-9,13-16,18-19H2,1H3,(H,35,39)/b10-4-/t20-,24-,26-,27+,28-,29-,33+/m1/s1. The Bertz CT molecular complexity index is 1350. The van der Waals surface area contributed by atoms with Crippen molar-refractivity contribution < 1.29 is 33.8 Å². The summed E-state index contributed by atoms with van der Waals surface area (Å²) < 4.78 is 13.3. The molecule has 3 fully saturated rings. The van der Waals surface area contributed by atoms with Crippen LogP contribution in [0.5, 0.6) is 0 Å². The molecule has 1 aromatic carbocycles. The largest absolute Gasteiger partial charge is 0.455 e. The molecule has 4 heterocycles. The van der Waals surface area contributed by atoms with Crippen molar-refractivity contribution in [2.75, 3.05) is 19.7 Å². The highest BCUT2D eigenvalue weighted by Gasteiger charge is 2.75. The van der Waals surface area contributed by atoms with E-state index in [4.69, 9.17) is 9.47 Å². The van der Waals surface area contributed by atoms with Crippen molar-refractivity contribution in [3.63, 3.8) is 0 Å². The molecule has 6 rings (SSSR count). The van der Waals surface area contributed by atoms with Gasteiger partial charge in [0.2, 0.25) is 17.7 Å². The number of fused-ring (bicyclic) bond motifs is 2. The van der Waals surface area contributed by atoms with E-state index >= 15 is 0 Å². The van der Waals surface area contributed by atoms with Crippen molar-refractivity contribution in [1.29, 1.82) is 0 Å². The molecule has 1 saturated carbocycles. The lowest BCUT2D eigenvalue weighted by atomic mass is 9.74. The predicted octanol–water partition coefficient (Wildman–Crippen LogP) is 3.15. The molecule has 5 bridgehead atoms. The number of cyclic esters (lactones) is 1. The molecule has 7 atom stereocenters. The Kier molecular flexibility index (Phi) is 8.99. The third-order valence-electron chi connectivity index (χ3n) is 9.83. The molecule has 2 N–H and O–H groups in total.